The normalized spacial score (nSPS) is 13.3. The van der Waals surface area contributed by atoms with Crippen molar-refractivity contribution in [2.24, 2.45) is 7.05 Å². The summed E-state index contributed by atoms with van der Waals surface area (Å²) >= 11 is 0. The highest BCUT2D eigenvalue weighted by atomic mass is 19.1. The Labute approximate surface area is 200 Å². The lowest BCUT2D eigenvalue weighted by atomic mass is 10.2. The molecule has 5 rings (SSSR count). The number of para-hydroxylation sites is 1. The summed E-state index contributed by atoms with van der Waals surface area (Å²) in [7, 11) is 3.38. The maximum atomic E-state index is 15.0. The number of fused-ring (bicyclic) bond motifs is 1. The lowest BCUT2D eigenvalue weighted by molar-refractivity contribution is 0.631. The summed E-state index contributed by atoms with van der Waals surface area (Å²) in [6.45, 7) is 2.68. The van der Waals surface area contributed by atoms with Gasteiger partial charge in [-0.25, -0.2) is 13.8 Å². The van der Waals surface area contributed by atoms with E-state index in [1.54, 1.807) is 36.4 Å². The first kappa shape index (κ1) is 22.6. The maximum Gasteiger partial charge on any atom is 0.337 e. The van der Waals surface area contributed by atoms with Gasteiger partial charge in [-0.05, 0) is 50.1 Å². The molecule has 0 radical (unpaired) electrons. The average Bonchev–Trinajstić information content (AvgIpc) is 3.68. The van der Waals surface area contributed by atoms with E-state index < -0.39 is 22.6 Å². The number of rotatable bonds is 6. The third-order valence-electron chi connectivity index (χ3n) is 6.51. The Morgan fingerprint density at radius 1 is 1.03 bits per heavy atom. The molecule has 0 unspecified atom stereocenters. The predicted molar refractivity (Wildman–Crippen MR) is 136 cm³/mol. The van der Waals surface area contributed by atoms with Gasteiger partial charge in [-0.15, -0.1) is 0 Å². The molecule has 8 nitrogen and oxygen atoms in total. The van der Waals surface area contributed by atoms with E-state index in [1.807, 2.05) is 24.9 Å². The second kappa shape index (κ2) is 8.57. The summed E-state index contributed by atoms with van der Waals surface area (Å²) in [5.74, 6) is -0.518. The molecule has 1 fully saturated rings. The number of pyridine rings is 1. The number of hydrogen-bond acceptors (Lipinski definition) is 5. The van der Waals surface area contributed by atoms with Crippen LogP contribution in [0, 0.1) is 5.82 Å². The molecule has 2 aromatic heterocycles. The minimum Gasteiger partial charge on any atom is -0.375 e. The average molecular weight is 476 g/mol. The van der Waals surface area contributed by atoms with Gasteiger partial charge >= 0.3 is 5.69 Å². The lowest BCUT2D eigenvalue weighted by Gasteiger charge is -2.20. The largest absolute Gasteiger partial charge is 0.375 e. The van der Waals surface area contributed by atoms with Crippen LogP contribution in [0.2, 0.25) is 0 Å². The molecule has 1 aliphatic rings. The zero-order valence-electron chi connectivity index (χ0n) is 19.8. The summed E-state index contributed by atoms with van der Waals surface area (Å²) in [6, 6.07) is 14.7. The Balaban J connectivity index is 1.80. The molecular formula is C26H26FN5O3. The van der Waals surface area contributed by atoms with Gasteiger partial charge in [0.2, 0.25) is 0 Å². The van der Waals surface area contributed by atoms with Gasteiger partial charge in [0.05, 0.1) is 17.1 Å². The number of aryl methyl sites for hydroxylation is 1. The van der Waals surface area contributed by atoms with Gasteiger partial charge < -0.3 is 10.2 Å². The zero-order valence-corrected chi connectivity index (χ0v) is 19.8. The monoisotopic (exact) mass is 475 g/mol. The van der Waals surface area contributed by atoms with Crippen LogP contribution in [-0.4, -0.2) is 27.3 Å². The van der Waals surface area contributed by atoms with Gasteiger partial charge in [-0.3, -0.25) is 18.7 Å². The third kappa shape index (κ3) is 3.82. The summed E-state index contributed by atoms with van der Waals surface area (Å²) in [5, 5.41) is 3.11. The van der Waals surface area contributed by atoms with Crippen molar-refractivity contribution in [2.75, 3.05) is 23.8 Å². The molecule has 4 aromatic rings. The van der Waals surface area contributed by atoms with Crippen LogP contribution in [0.3, 0.4) is 0 Å². The molecular weight excluding hydrogens is 449 g/mol. The minimum absolute atomic E-state index is 0.127. The van der Waals surface area contributed by atoms with Crippen molar-refractivity contribution in [3.8, 4) is 5.69 Å². The van der Waals surface area contributed by atoms with E-state index in [-0.39, 0.29) is 28.5 Å². The summed E-state index contributed by atoms with van der Waals surface area (Å²) in [5.41, 5.74) is 0.240. The molecule has 1 saturated carbocycles. The van der Waals surface area contributed by atoms with Gasteiger partial charge in [0.1, 0.15) is 16.9 Å². The van der Waals surface area contributed by atoms with Gasteiger partial charge in [-0.1, -0.05) is 18.2 Å². The Bertz CT molecular complexity index is 1620. The van der Waals surface area contributed by atoms with Crippen LogP contribution in [0.1, 0.15) is 25.8 Å². The highest BCUT2D eigenvalue weighted by molar-refractivity contribution is 5.91. The van der Waals surface area contributed by atoms with Crippen LogP contribution in [0.15, 0.2) is 69.0 Å². The summed E-state index contributed by atoms with van der Waals surface area (Å²) < 4.78 is 18.9. The highest BCUT2D eigenvalue weighted by Gasteiger charge is 2.31. The van der Waals surface area contributed by atoms with E-state index >= 15 is 4.39 Å². The van der Waals surface area contributed by atoms with Crippen LogP contribution in [0.5, 0.6) is 0 Å². The van der Waals surface area contributed by atoms with Crippen molar-refractivity contribution in [1.82, 2.24) is 13.7 Å². The first-order chi connectivity index (χ1) is 16.8. The molecule has 0 amide bonds. The molecule has 35 heavy (non-hydrogen) atoms. The highest BCUT2D eigenvalue weighted by Crippen LogP contribution is 2.33. The molecule has 9 heteroatoms. The molecule has 180 valence electrons. The van der Waals surface area contributed by atoms with E-state index in [4.69, 9.17) is 0 Å². The van der Waals surface area contributed by atoms with Crippen LogP contribution in [-0.2, 0) is 7.05 Å². The van der Waals surface area contributed by atoms with Crippen LogP contribution >= 0.6 is 0 Å². The van der Waals surface area contributed by atoms with E-state index in [0.29, 0.717) is 17.9 Å². The van der Waals surface area contributed by atoms with Crippen LogP contribution < -0.4 is 27.0 Å². The molecule has 0 saturated heterocycles. The topological polar surface area (TPSA) is 81.3 Å². The molecule has 2 heterocycles. The van der Waals surface area contributed by atoms with Crippen molar-refractivity contribution in [2.45, 2.75) is 25.8 Å². The summed E-state index contributed by atoms with van der Waals surface area (Å²) in [6.07, 6.45) is 1.45. The number of anilines is 3. The molecule has 0 aliphatic heterocycles. The molecule has 0 spiro atoms. The summed E-state index contributed by atoms with van der Waals surface area (Å²) in [4.78, 5) is 42.0. The standard InChI is InChI=1S/C26H26FN5O3/c1-4-29(2)18-12-13-20(19(27)14-18)28-21-15-22(33)30(3)24-23(21)25(34)32(17-10-11-17)26(35)31(24)16-8-6-5-7-9-16/h5-9,12-15,17,28H,4,10-11H2,1-3H3. The third-order valence-corrected chi connectivity index (χ3v) is 6.51. The van der Waals surface area contributed by atoms with Crippen molar-refractivity contribution >= 4 is 28.1 Å². The Kier molecular flexibility index (Phi) is 5.55. The van der Waals surface area contributed by atoms with Crippen LogP contribution in [0.25, 0.3) is 16.7 Å². The molecule has 1 N–H and O–H groups in total. The Hall–Kier alpha value is -4.14. The number of nitrogens with zero attached hydrogens (tertiary/aromatic N) is 4. The van der Waals surface area contributed by atoms with Gasteiger partial charge in [0.15, 0.2) is 0 Å². The number of benzene rings is 2. The fourth-order valence-corrected chi connectivity index (χ4v) is 4.30. The second-order valence-corrected chi connectivity index (χ2v) is 8.82. The van der Waals surface area contributed by atoms with E-state index in [0.717, 1.165) is 12.8 Å². The lowest BCUT2D eigenvalue weighted by Crippen LogP contribution is -2.41. The molecule has 0 bridgehead atoms. The Morgan fingerprint density at radius 2 is 1.74 bits per heavy atom. The second-order valence-electron chi connectivity index (χ2n) is 8.82. The first-order valence-corrected chi connectivity index (χ1v) is 11.6. The van der Waals surface area contributed by atoms with Gasteiger partial charge in [0, 0.05) is 38.4 Å². The quantitative estimate of drug-likeness (QED) is 0.462. The van der Waals surface area contributed by atoms with Crippen molar-refractivity contribution in [3.63, 3.8) is 0 Å². The number of nitrogens with one attached hydrogen (secondary N) is 1. The van der Waals surface area contributed by atoms with Gasteiger partial charge in [-0.2, -0.15) is 0 Å². The Morgan fingerprint density at radius 3 is 2.37 bits per heavy atom. The zero-order chi connectivity index (χ0) is 24.9. The van der Waals surface area contributed by atoms with Crippen molar-refractivity contribution < 1.29 is 4.39 Å². The SMILES string of the molecule is CCN(C)c1ccc(Nc2cc(=O)n(C)c3c2c(=O)n(C2CC2)c(=O)n3-c2ccccc2)c(F)c1. The van der Waals surface area contributed by atoms with Crippen LogP contribution in [0.4, 0.5) is 21.5 Å². The number of aromatic nitrogens is 3. The first-order valence-electron chi connectivity index (χ1n) is 11.6. The molecule has 2 aromatic carbocycles. The van der Waals surface area contributed by atoms with Crippen molar-refractivity contribution in [3.05, 3.63) is 91.6 Å². The fraction of sp³-hybridized carbons (Fsp3) is 0.269. The van der Waals surface area contributed by atoms with Crippen molar-refractivity contribution in [1.29, 1.82) is 0 Å². The smallest absolute Gasteiger partial charge is 0.337 e. The predicted octanol–water partition coefficient (Wildman–Crippen LogP) is 3.52. The molecule has 0 atom stereocenters. The fourth-order valence-electron chi connectivity index (χ4n) is 4.30. The minimum atomic E-state index is -0.518. The maximum absolute atomic E-state index is 15.0. The van der Waals surface area contributed by atoms with E-state index in [1.165, 1.54) is 32.9 Å². The molecule has 1 aliphatic carbocycles. The van der Waals surface area contributed by atoms with E-state index in [2.05, 4.69) is 5.32 Å². The number of hydrogen-bond donors (Lipinski definition) is 1. The number of halogens is 1. The van der Waals surface area contributed by atoms with Gasteiger partial charge in [0.25, 0.3) is 11.1 Å². The van der Waals surface area contributed by atoms with E-state index in [9.17, 15) is 14.4 Å².